The number of nitrogens with one attached hydrogen (secondary N) is 1. The molecule has 1 aliphatic rings. The first-order valence-corrected chi connectivity index (χ1v) is 6.52. The van der Waals surface area contributed by atoms with Crippen LogP contribution in [0, 0.1) is 0 Å². The summed E-state index contributed by atoms with van der Waals surface area (Å²) in [5, 5.41) is 0. The van der Waals surface area contributed by atoms with Crippen LogP contribution in [0.4, 0.5) is 5.69 Å². The standard InChI is InChI=1S/C14H20N2O3/c1-16(2)12-8-6-11(7-9-12)14(17)15-19-13-5-3-4-10-18-13/h6-9,13H,3-5,10H2,1-2H3,(H,15,17)/t13-/m1/s1. The van der Waals surface area contributed by atoms with Gasteiger partial charge in [-0.25, -0.2) is 10.3 Å². The summed E-state index contributed by atoms with van der Waals surface area (Å²) in [5.41, 5.74) is 4.06. The van der Waals surface area contributed by atoms with Gasteiger partial charge in [0.25, 0.3) is 5.91 Å². The number of ether oxygens (including phenoxy) is 1. The largest absolute Gasteiger partial charge is 0.378 e. The lowest BCUT2D eigenvalue weighted by Gasteiger charge is -2.22. The molecule has 1 fully saturated rings. The molecule has 0 saturated carbocycles. The number of anilines is 1. The van der Waals surface area contributed by atoms with E-state index in [4.69, 9.17) is 9.57 Å². The van der Waals surface area contributed by atoms with Crippen LogP contribution < -0.4 is 10.4 Å². The fourth-order valence-electron chi connectivity index (χ4n) is 1.89. The zero-order valence-electron chi connectivity index (χ0n) is 11.4. The highest BCUT2D eigenvalue weighted by molar-refractivity contribution is 5.93. The fourth-order valence-corrected chi connectivity index (χ4v) is 1.89. The molecule has 1 saturated heterocycles. The molecule has 0 radical (unpaired) electrons. The van der Waals surface area contributed by atoms with Crippen LogP contribution in [0.1, 0.15) is 29.6 Å². The Bertz CT molecular complexity index is 411. The van der Waals surface area contributed by atoms with Crippen molar-refractivity contribution in [3.05, 3.63) is 29.8 Å². The number of carbonyl (C=O) groups excluding carboxylic acids is 1. The Morgan fingerprint density at radius 2 is 2.05 bits per heavy atom. The lowest BCUT2D eigenvalue weighted by molar-refractivity contribution is -0.186. The van der Waals surface area contributed by atoms with Crippen molar-refractivity contribution in [2.45, 2.75) is 25.6 Å². The van der Waals surface area contributed by atoms with Crippen molar-refractivity contribution in [3.8, 4) is 0 Å². The van der Waals surface area contributed by atoms with Crippen molar-refractivity contribution in [2.24, 2.45) is 0 Å². The maximum Gasteiger partial charge on any atom is 0.274 e. The SMILES string of the molecule is CN(C)c1ccc(C(=O)NO[C@@H]2CCCCO2)cc1. The summed E-state index contributed by atoms with van der Waals surface area (Å²) in [6.45, 7) is 0.693. The molecule has 0 aliphatic carbocycles. The van der Waals surface area contributed by atoms with Crippen molar-refractivity contribution in [3.63, 3.8) is 0 Å². The third-order valence-corrected chi connectivity index (χ3v) is 3.07. The number of hydrogen-bond donors (Lipinski definition) is 1. The van der Waals surface area contributed by atoms with Gasteiger partial charge in [-0.2, -0.15) is 0 Å². The third kappa shape index (κ3) is 3.94. The second-order valence-electron chi connectivity index (χ2n) is 4.79. The van der Waals surface area contributed by atoms with Crippen LogP contribution >= 0.6 is 0 Å². The molecule has 1 aliphatic heterocycles. The van der Waals surface area contributed by atoms with Gasteiger partial charge in [0.1, 0.15) is 0 Å². The van der Waals surface area contributed by atoms with Gasteiger partial charge in [0.15, 0.2) is 6.29 Å². The average molecular weight is 264 g/mol. The van der Waals surface area contributed by atoms with Gasteiger partial charge in [-0.15, -0.1) is 0 Å². The molecular weight excluding hydrogens is 244 g/mol. The molecular formula is C14H20N2O3. The highest BCUT2D eigenvalue weighted by Crippen LogP contribution is 2.14. The molecule has 1 atom stereocenters. The van der Waals surface area contributed by atoms with Gasteiger partial charge in [0, 0.05) is 38.4 Å². The van der Waals surface area contributed by atoms with E-state index >= 15 is 0 Å². The molecule has 1 heterocycles. The van der Waals surface area contributed by atoms with E-state index in [1.807, 2.05) is 31.1 Å². The summed E-state index contributed by atoms with van der Waals surface area (Å²) < 4.78 is 5.37. The Balaban J connectivity index is 1.85. The minimum Gasteiger partial charge on any atom is -0.378 e. The molecule has 0 spiro atoms. The van der Waals surface area contributed by atoms with Gasteiger partial charge in [-0.1, -0.05) is 0 Å². The second-order valence-corrected chi connectivity index (χ2v) is 4.79. The van der Waals surface area contributed by atoms with Crippen LogP contribution in [0.2, 0.25) is 0 Å². The molecule has 0 bridgehead atoms. The summed E-state index contributed by atoms with van der Waals surface area (Å²) in [5.74, 6) is -0.250. The maximum atomic E-state index is 11.9. The summed E-state index contributed by atoms with van der Waals surface area (Å²) in [6.07, 6.45) is 2.62. The Morgan fingerprint density at radius 3 is 2.63 bits per heavy atom. The highest BCUT2D eigenvalue weighted by atomic mass is 16.8. The smallest absolute Gasteiger partial charge is 0.274 e. The molecule has 2 rings (SSSR count). The molecule has 0 unspecified atom stereocenters. The molecule has 0 aromatic heterocycles. The first kappa shape index (κ1) is 13.8. The second kappa shape index (κ2) is 6.54. The topological polar surface area (TPSA) is 50.8 Å². The van der Waals surface area contributed by atoms with E-state index in [9.17, 15) is 4.79 Å². The van der Waals surface area contributed by atoms with Gasteiger partial charge >= 0.3 is 0 Å². The fraction of sp³-hybridized carbons (Fsp3) is 0.500. The summed E-state index contributed by atoms with van der Waals surface area (Å²) >= 11 is 0. The number of amides is 1. The van der Waals surface area contributed by atoms with Gasteiger partial charge in [0.05, 0.1) is 0 Å². The van der Waals surface area contributed by atoms with Crippen LogP contribution in [-0.2, 0) is 9.57 Å². The van der Waals surface area contributed by atoms with Crippen molar-refractivity contribution in [1.29, 1.82) is 0 Å². The van der Waals surface area contributed by atoms with E-state index in [1.165, 1.54) is 0 Å². The number of carbonyl (C=O) groups is 1. The first-order valence-electron chi connectivity index (χ1n) is 6.52. The number of benzene rings is 1. The van der Waals surface area contributed by atoms with Gasteiger partial charge in [-0.3, -0.25) is 4.79 Å². The van der Waals surface area contributed by atoms with E-state index in [1.54, 1.807) is 12.1 Å². The molecule has 19 heavy (non-hydrogen) atoms. The minimum atomic E-state index is -0.321. The number of nitrogens with zero attached hydrogens (tertiary/aromatic N) is 1. The molecule has 1 aromatic rings. The van der Waals surface area contributed by atoms with E-state index in [0.717, 1.165) is 24.9 Å². The Morgan fingerprint density at radius 1 is 1.32 bits per heavy atom. The van der Waals surface area contributed by atoms with E-state index < -0.39 is 0 Å². The number of hydrogen-bond acceptors (Lipinski definition) is 4. The van der Waals surface area contributed by atoms with Crippen molar-refractivity contribution in [1.82, 2.24) is 5.48 Å². The maximum absolute atomic E-state index is 11.9. The highest BCUT2D eigenvalue weighted by Gasteiger charge is 2.16. The van der Waals surface area contributed by atoms with Crippen LogP contribution in [0.3, 0.4) is 0 Å². The van der Waals surface area contributed by atoms with Gasteiger partial charge in [-0.05, 0) is 37.1 Å². The number of hydroxylamine groups is 1. The molecule has 5 heteroatoms. The average Bonchev–Trinajstić information content (AvgIpc) is 2.46. The lowest BCUT2D eigenvalue weighted by atomic mass is 10.2. The summed E-state index contributed by atoms with van der Waals surface area (Å²) in [4.78, 5) is 19.1. The predicted octanol–water partition coefficient (Wildman–Crippen LogP) is 1.94. The quantitative estimate of drug-likeness (QED) is 0.844. The first-order chi connectivity index (χ1) is 9.16. The molecule has 1 amide bonds. The van der Waals surface area contributed by atoms with Crippen molar-refractivity contribution < 1.29 is 14.4 Å². The predicted molar refractivity (Wildman–Crippen MR) is 72.9 cm³/mol. The zero-order chi connectivity index (χ0) is 13.7. The molecule has 104 valence electrons. The van der Waals surface area contributed by atoms with Crippen LogP contribution in [0.15, 0.2) is 24.3 Å². The monoisotopic (exact) mass is 264 g/mol. The van der Waals surface area contributed by atoms with E-state index in [-0.39, 0.29) is 12.2 Å². The van der Waals surface area contributed by atoms with Crippen LogP contribution in [-0.4, -0.2) is 32.9 Å². The Kier molecular flexibility index (Phi) is 4.76. The van der Waals surface area contributed by atoms with Crippen molar-refractivity contribution >= 4 is 11.6 Å². The molecule has 5 nitrogen and oxygen atoms in total. The lowest BCUT2D eigenvalue weighted by Crippen LogP contribution is -2.33. The molecule has 1 aromatic carbocycles. The van der Waals surface area contributed by atoms with E-state index in [0.29, 0.717) is 12.2 Å². The van der Waals surface area contributed by atoms with Crippen molar-refractivity contribution in [2.75, 3.05) is 25.6 Å². The Hall–Kier alpha value is -1.59. The normalized spacial score (nSPS) is 18.9. The van der Waals surface area contributed by atoms with Crippen LogP contribution in [0.5, 0.6) is 0 Å². The van der Waals surface area contributed by atoms with Crippen LogP contribution in [0.25, 0.3) is 0 Å². The van der Waals surface area contributed by atoms with E-state index in [2.05, 4.69) is 5.48 Å². The van der Waals surface area contributed by atoms with Gasteiger partial charge < -0.3 is 9.64 Å². The summed E-state index contributed by atoms with van der Waals surface area (Å²) in [7, 11) is 3.91. The molecule has 1 N–H and O–H groups in total. The van der Waals surface area contributed by atoms with Gasteiger partial charge in [0.2, 0.25) is 0 Å². The minimum absolute atomic E-state index is 0.250. The zero-order valence-corrected chi connectivity index (χ0v) is 11.4. The third-order valence-electron chi connectivity index (χ3n) is 3.07. The Labute approximate surface area is 113 Å². The number of rotatable bonds is 4. The summed E-state index contributed by atoms with van der Waals surface area (Å²) in [6, 6.07) is 7.34.